The Hall–Kier alpha value is -0.380. The van der Waals surface area contributed by atoms with Crippen molar-refractivity contribution >= 4 is 11.3 Å². The van der Waals surface area contributed by atoms with Crippen molar-refractivity contribution < 1.29 is 5.11 Å². The van der Waals surface area contributed by atoms with Crippen molar-refractivity contribution in [3.63, 3.8) is 0 Å². The van der Waals surface area contributed by atoms with Gasteiger partial charge in [0, 0.05) is 17.5 Å². The Labute approximate surface area is 102 Å². The Kier molecular flexibility index (Phi) is 3.67. The summed E-state index contributed by atoms with van der Waals surface area (Å²) in [6.07, 6.45) is 3.89. The van der Waals surface area contributed by atoms with E-state index in [-0.39, 0.29) is 0 Å². The summed E-state index contributed by atoms with van der Waals surface area (Å²) >= 11 is 1.62. The van der Waals surface area contributed by atoms with Crippen molar-refractivity contribution in [2.45, 2.75) is 44.8 Å². The van der Waals surface area contributed by atoms with Gasteiger partial charge >= 0.3 is 0 Å². The van der Waals surface area contributed by atoms with E-state index in [0.29, 0.717) is 12.6 Å². The van der Waals surface area contributed by atoms with E-state index in [1.807, 2.05) is 24.4 Å². The van der Waals surface area contributed by atoms with Crippen molar-refractivity contribution in [3.05, 3.63) is 22.4 Å². The maximum atomic E-state index is 10.4. The van der Waals surface area contributed by atoms with Gasteiger partial charge in [0.05, 0.1) is 0 Å². The smallest absolute Gasteiger partial charge is 0.108 e. The maximum Gasteiger partial charge on any atom is 0.108 e. The van der Waals surface area contributed by atoms with Crippen LogP contribution in [-0.4, -0.2) is 17.7 Å². The summed E-state index contributed by atoms with van der Waals surface area (Å²) in [5.74, 6) is 0.749. The van der Waals surface area contributed by atoms with Gasteiger partial charge in [0.2, 0.25) is 0 Å². The van der Waals surface area contributed by atoms with Gasteiger partial charge in [0.1, 0.15) is 5.60 Å². The van der Waals surface area contributed by atoms with Crippen molar-refractivity contribution in [1.29, 1.82) is 0 Å². The minimum Gasteiger partial charge on any atom is -0.383 e. The van der Waals surface area contributed by atoms with Crippen LogP contribution in [0.3, 0.4) is 0 Å². The normalized spacial score (nSPS) is 29.2. The third kappa shape index (κ3) is 2.65. The molecule has 1 heterocycles. The van der Waals surface area contributed by atoms with Crippen LogP contribution >= 0.6 is 11.3 Å². The molecule has 0 radical (unpaired) electrons. The number of aliphatic hydroxyl groups is 1. The van der Waals surface area contributed by atoms with Crippen LogP contribution in [0.15, 0.2) is 17.5 Å². The van der Waals surface area contributed by atoms with Crippen molar-refractivity contribution in [3.8, 4) is 0 Å². The van der Waals surface area contributed by atoms with Gasteiger partial charge in [-0.25, -0.2) is 0 Å². The van der Waals surface area contributed by atoms with E-state index >= 15 is 0 Å². The van der Waals surface area contributed by atoms with Crippen LogP contribution in [0.4, 0.5) is 0 Å². The van der Waals surface area contributed by atoms with Gasteiger partial charge in [-0.05, 0) is 37.1 Å². The molecule has 1 fully saturated rings. The Morgan fingerprint density at radius 2 is 2.38 bits per heavy atom. The summed E-state index contributed by atoms with van der Waals surface area (Å²) in [5, 5.41) is 15.9. The standard InChI is InChI=1S/C13H21NOS/c1-10-5-3-6-11(10)14-9-13(2,15)12-7-4-8-16-12/h4,7-8,10-11,14-15H,3,5-6,9H2,1-2H3. The lowest BCUT2D eigenvalue weighted by atomic mass is 10.0. The van der Waals surface area contributed by atoms with Gasteiger partial charge < -0.3 is 10.4 Å². The second-order valence-corrected chi connectivity index (χ2v) is 6.09. The van der Waals surface area contributed by atoms with Gasteiger partial charge in [-0.1, -0.05) is 19.4 Å². The molecule has 0 saturated heterocycles. The zero-order chi connectivity index (χ0) is 11.6. The quantitative estimate of drug-likeness (QED) is 0.847. The SMILES string of the molecule is CC1CCCC1NCC(C)(O)c1cccs1. The Balaban J connectivity index is 1.89. The van der Waals surface area contributed by atoms with Crippen LogP contribution in [0.2, 0.25) is 0 Å². The molecule has 3 atom stereocenters. The number of hydrogen-bond acceptors (Lipinski definition) is 3. The molecule has 0 bridgehead atoms. The van der Waals surface area contributed by atoms with Crippen LogP contribution in [0.5, 0.6) is 0 Å². The van der Waals surface area contributed by atoms with Gasteiger partial charge in [-0.3, -0.25) is 0 Å². The Bertz CT molecular complexity index is 321. The summed E-state index contributed by atoms with van der Waals surface area (Å²) in [4.78, 5) is 1.05. The molecule has 3 unspecified atom stereocenters. The van der Waals surface area contributed by atoms with E-state index < -0.39 is 5.60 Å². The first kappa shape index (κ1) is 12.1. The third-order valence-corrected chi connectivity index (χ3v) is 4.74. The molecule has 0 aliphatic heterocycles. The molecule has 2 rings (SSSR count). The molecule has 0 aromatic carbocycles. The van der Waals surface area contributed by atoms with E-state index in [4.69, 9.17) is 0 Å². The number of nitrogens with one attached hydrogen (secondary N) is 1. The third-order valence-electron chi connectivity index (χ3n) is 3.62. The molecule has 90 valence electrons. The Morgan fingerprint density at radius 3 is 2.94 bits per heavy atom. The number of thiophene rings is 1. The van der Waals surface area contributed by atoms with E-state index in [0.717, 1.165) is 10.8 Å². The molecule has 1 saturated carbocycles. The highest BCUT2D eigenvalue weighted by atomic mass is 32.1. The second kappa shape index (κ2) is 4.86. The first-order valence-electron chi connectivity index (χ1n) is 6.09. The molecule has 2 nitrogen and oxygen atoms in total. The van der Waals surface area contributed by atoms with Crippen LogP contribution in [0.1, 0.15) is 38.0 Å². The van der Waals surface area contributed by atoms with Crippen LogP contribution in [0.25, 0.3) is 0 Å². The predicted molar refractivity (Wildman–Crippen MR) is 68.7 cm³/mol. The molecule has 16 heavy (non-hydrogen) atoms. The lowest BCUT2D eigenvalue weighted by Crippen LogP contribution is -2.41. The van der Waals surface area contributed by atoms with Crippen LogP contribution in [0, 0.1) is 5.92 Å². The predicted octanol–water partition coefficient (Wildman–Crippen LogP) is 2.73. The summed E-state index contributed by atoms with van der Waals surface area (Å²) < 4.78 is 0. The Morgan fingerprint density at radius 1 is 1.56 bits per heavy atom. The summed E-state index contributed by atoms with van der Waals surface area (Å²) in [7, 11) is 0. The number of rotatable bonds is 4. The first-order valence-corrected chi connectivity index (χ1v) is 6.97. The van der Waals surface area contributed by atoms with E-state index in [2.05, 4.69) is 12.2 Å². The fraction of sp³-hybridized carbons (Fsp3) is 0.692. The van der Waals surface area contributed by atoms with Crippen LogP contribution < -0.4 is 5.32 Å². The van der Waals surface area contributed by atoms with E-state index in [1.165, 1.54) is 19.3 Å². The highest BCUT2D eigenvalue weighted by Crippen LogP contribution is 2.28. The molecule has 1 aliphatic rings. The number of hydrogen-bond donors (Lipinski definition) is 2. The summed E-state index contributed by atoms with van der Waals surface area (Å²) in [6.45, 7) is 4.85. The monoisotopic (exact) mass is 239 g/mol. The van der Waals surface area contributed by atoms with Gasteiger partial charge in [0.15, 0.2) is 0 Å². The topological polar surface area (TPSA) is 32.3 Å². The molecule has 1 aromatic rings. The van der Waals surface area contributed by atoms with Crippen molar-refractivity contribution in [2.75, 3.05) is 6.54 Å². The zero-order valence-electron chi connectivity index (χ0n) is 10.1. The van der Waals surface area contributed by atoms with Gasteiger partial charge in [-0.2, -0.15) is 0 Å². The maximum absolute atomic E-state index is 10.4. The summed E-state index contributed by atoms with van der Waals surface area (Å²) in [5.41, 5.74) is -0.726. The zero-order valence-corrected chi connectivity index (χ0v) is 10.9. The van der Waals surface area contributed by atoms with Gasteiger partial charge in [0.25, 0.3) is 0 Å². The molecule has 3 heteroatoms. The molecule has 0 spiro atoms. The lowest BCUT2D eigenvalue weighted by molar-refractivity contribution is 0.0562. The van der Waals surface area contributed by atoms with Crippen molar-refractivity contribution in [1.82, 2.24) is 5.32 Å². The average molecular weight is 239 g/mol. The lowest BCUT2D eigenvalue weighted by Gasteiger charge is -2.26. The molecular weight excluding hydrogens is 218 g/mol. The second-order valence-electron chi connectivity index (χ2n) is 5.15. The molecule has 0 amide bonds. The minimum atomic E-state index is -0.726. The highest BCUT2D eigenvalue weighted by Gasteiger charge is 2.28. The molecule has 1 aliphatic carbocycles. The molecule has 2 N–H and O–H groups in total. The largest absolute Gasteiger partial charge is 0.383 e. The fourth-order valence-electron chi connectivity index (χ4n) is 2.45. The molecule has 1 aromatic heterocycles. The van der Waals surface area contributed by atoms with Crippen LogP contribution in [-0.2, 0) is 5.60 Å². The first-order chi connectivity index (χ1) is 7.59. The highest BCUT2D eigenvalue weighted by molar-refractivity contribution is 7.10. The average Bonchev–Trinajstić information content (AvgIpc) is 2.85. The van der Waals surface area contributed by atoms with Gasteiger partial charge in [-0.15, -0.1) is 11.3 Å². The van der Waals surface area contributed by atoms with E-state index in [9.17, 15) is 5.11 Å². The fourth-order valence-corrected chi connectivity index (χ4v) is 3.24. The molecular formula is C13H21NOS. The minimum absolute atomic E-state index is 0.589. The van der Waals surface area contributed by atoms with Crippen molar-refractivity contribution in [2.24, 2.45) is 5.92 Å². The summed E-state index contributed by atoms with van der Waals surface area (Å²) in [6, 6.07) is 4.59. The van der Waals surface area contributed by atoms with E-state index in [1.54, 1.807) is 11.3 Å².